The zero-order chi connectivity index (χ0) is 33.0. The fraction of sp³-hybridized carbons (Fsp3) is 0.394. The number of hydrogen-bond acceptors (Lipinski definition) is 9. The molecule has 11 nitrogen and oxygen atoms in total. The Morgan fingerprint density at radius 1 is 1.15 bits per heavy atom. The van der Waals surface area contributed by atoms with Gasteiger partial charge in [-0.25, -0.2) is 28.7 Å². The lowest BCUT2D eigenvalue weighted by Crippen LogP contribution is -2.60. The normalized spacial score (nSPS) is 17.9. The van der Waals surface area contributed by atoms with Crippen LogP contribution in [0.5, 0.6) is 11.5 Å². The molecule has 0 radical (unpaired) electrons. The highest BCUT2D eigenvalue weighted by Crippen LogP contribution is 2.47. The monoisotopic (exact) mass is 647 g/mol. The van der Waals surface area contributed by atoms with Gasteiger partial charge >= 0.3 is 5.69 Å². The third-order valence-corrected chi connectivity index (χ3v) is 8.89. The molecule has 0 saturated carbocycles. The second kappa shape index (κ2) is 12.0. The molecular formula is C33H35ClFN7O4. The molecule has 4 aromatic rings. The van der Waals surface area contributed by atoms with Gasteiger partial charge in [-0.3, -0.25) is 4.79 Å². The fourth-order valence-electron chi connectivity index (χ4n) is 6.50. The molecule has 0 aliphatic carbocycles. The minimum absolute atomic E-state index is 0.0369. The summed E-state index contributed by atoms with van der Waals surface area (Å²) in [5, 5.41) is 11.1. The molecule has 1 saturated heterocycles. The molecule has 2 aliphatic rings. The van der Waals surface area contributed by atoms with E-state index in [1.807, 2.05) is 39.5 Å². The number of ether oxygens (including phenoxy) is 1. The van der Waals surface area contributed by atoms with E-state index in [2.05, 4.69) is 21.5 Å². The van der Waals surface area contributed by atoms with Gasteiger partial charge in [0.15, 0.2) is 11.4 Å². The molecule has 6 rings (SSSR count). The molecule has 2 atom stereocenters. The van der Waals surface area contributed by atoms with Crippen LogP contribution >= 0.6 is 11.6 Å². The Kier molecular flexibility index (Phi) is 8.18. The van der Waals surface area contributed by atoms with Crippen molar-refractivity contribution >= 4 is 34.4 Å². The van der Waals surface area contributed by atoms with E-state index in [1.54, 1.807) is 4.90 Å². The lowest BCUT2D eigenvalue weighted by molar-refractivity contribution is -0.127. The number of carbonyl (C=O) groups excluding carboxylic acids is 1. The Morgan fingerprint density at radius 2 is 1.85 bits per heavy atom. The number of phenolic OH excluding ortho intramolecular Hbond substituents is 1. The SMILES string of the molecule is C=CC(=O)N1CC(C)N2c3nc(=O)n(-c4c(C(C)C)ncnc4C(C)C)c4nc(-c5c(O)cccc5F)c(Cl)c(c34)OCCC2C1. The van der Waals surface area contributed by atoms with E-state index < -0.39 is 11.5 Å². The molecule has 2 unspecified atom stereocenters. The highest BCUT2D eigenvalue weighted by Gasteiger charge is 2.39. The summed E-state index contributed by atoms with van der Waals surface area (Å²) in [4.78, 5) is 49.4. The van der Waals surface area contributed by atoms with Gasteiger partial charge in [0, 0.05) is 25.6 Å². The number of hydrogen-bond donors (Lipinski definition) is 1. The van der Waals surface area contributed by atoms with Crippen LogP contribution in [-0.2, 0) is 4.79 Å². The van der Waals surface area contributed by atoms with Crippen molar-refractivity contribution in [3.05, 3.63) is 69.9 Å². The van der Waals surface area contributed by atoms with Gasteiger partial charge in [0.2, 0.25) is 5.91 Å². The predicted octanol–water partition coefficient (Wildman–Crippen LogP) is 5.36. The summed E-state index contributed by atoms with van der Waals surface area (Å²) in [5.41, 5.74) is 0.751. The molecule has 0 bridgehead atoms. The lowest BCUT2D eigenvalue weighted by Gasteiger charge is -2.47. The third-order valence-electron chi connectivity index (χ3n) is 8.54. The van der Waals surface area contributed by atoms with E-state index in [4.69, 9.17) is 21.3 Å². The van der Waals surface area contributed by atoms with E-state index in [-0.39, 0.29) is 69.9 Å². The number of carbonyl (C=O) groups is 1. The molecular weight excluding hydrogens is 613 g/mol. The molecule has 2 aliphatic heterocycles. The summed E-state index contributed by atoms with van der Waals surface area (Å²) in [7, 11) is 0. The van der Waals surface area contributed by atoms with Crippen molar-refractivity contribution in [1.82, 2.24) is 29.4 Å². The van der Waals surface area contributed by atoms with Crippen molar-refractivity contribution in [3.8, 4) is 28.4 Å². The topological polar surface area (TPSA) is 127 Å². The van der Waals surface area contributed by atoms with Gasteiger partial charge in [0.25, 0.3) is 0 Å². The Bertz CT molecular complexity index is 1900. The standard InChI is InChI=1S/C33H35ClFN7O4/c1-7-22(44)40-13-18(6)41-19(14-40)11-12-46-30-24-31(38-28(25(30)34)23-20(35)9-8-10-21(23)43)42(33(45)39-32(24)41)29-26(16(2)3)36-15-37-27(29)17(4)5/h7-10,15-19,43H,1,11-14H2,2-6H3. The van der Waals surface area contributed by atoms with Gasteiger partial charge in [-0.05, 0) is 37.0 Å². The van der Waals surface area contributed by atoms with Crippen LogP contribution in [0.25, 0.3) is 28.0 Å². The summed E-state index contributed by atoms with van der Waals surface area (Å²) in [5.74, 6) is -1.09. The molecule has 0 spiro atoms. The number of halogens is 2. The molecule has 46 heavy (non-hydrogen) atoms. The van der Waals surface area contributed by atoms with Crippen LogP contribution in [0, 0.1) is 5.82 Å². The van der Waals surface area contributed by atoms with Crippen molar-refractivity contribution in [2.24, 2.45) is 0 Å². The van der Waals surface area contributed by atoms with Gasteiger partial charge in [-0.2, -0.15) is 4.98 Å². The zero-order valence-electron chi connectivity index (χ0n) is 26.3. The first-order chi connectivity index (χ1) is 21.9. The van der Waals surface area contributed by atoms with E-state index in [0.717, 1.165) is 0 Å². The predicted molar refractivity (Wildman–Crippen MR) is 174 cm³/mol. The van der Waals surface area contributed by atoms with E-state index in [1.165, 1.54) is 35.2 Å². The fourth-order valence-corrected chi connectivity index (χ4v) is 6.79. The Hall–Kier alpha value is -4.58. The van der Waals surface area contributed by atoms with Crippen molar-refractivity contribution in [2.75, 3.05) is 24.6 Å². The Morgan fingerprint density at radius 3 is 2.48 bits per heavy atom. The highest BCUT2D eigenvalue weighted by molar-refractivity contribution is 6.36. The maximum Gasteiger partial charge on any atom is 0.355 e. The van der Waals surface area contributed by atoms with Crippen LogP contribution in [0.4, 0.5) is 10.2 Å². The largest absolute Gasteiger partial charge is 0.507 e. The summed E-state index contributed by atoms with van der Waals surface area (Å²) < 4.78 is 23.1. The Balaban J connectivity index is 1.76. The van der Waals surface area contributed by atoms with Crippen LogP contribution < -0.4 is 15.3 Å². The number of nitrogens with zero attached hydrogens (tertiary/aromatic N) is 7. The van der Waals surface area contributed by atoms with Crippen LogP contribution in [0.1, 0.15) is 64.3 Å². The van der Waals surface area contributed by atoms with E-state index in [0.29, 0.717) is 47.8 Å². The molecule has 1 aromatic carbocycles. The van der Waals surface area contributed by atoms with E-state index in [9.17, 15) is 14.7 Å². The minimum atomic E-state index is -0.750. The number of anilines is 1. The second-order valence-electron chi connectivity index (χ2n) is 12.3. The van der Waals surface area contributed by atoms with Gasteiger partial charge in [0.1, 0.15) is 39.8 Å². The first kappa shape index (κ1) is 31.4. The number of aromatic hydroxyl groups is 1. The van der Waals surface area contributed by atoms with Gasteiger partial charge in [-0.15, -0.1) is 0 Å². The van der Waals surface area contributed by atoms with Gasteiger partial charge in [0.05, 0.1) is 35.3 Å². The molecule has 3 aromatic heterocycles. The second-order valence-corrected chi connectivity index (χ2v) is 12.7. The number of amides is 1. The molecule has 5 heterocycles. The number of piperazine rings is 1. The van der Waals surface area contributed by atoms with Crippen molar-refractivity contribution < 1.29 is 19.0 Å². The van der Waals surface area contributed by atoms with Gasteiger partial charge < -0.3 is 19.6 Å². The van der Waals surface area contributed by atoms with Crippen molar-refractivity contribution in [3.63, 3.8) is 0 Å². The quantitative estimate of drug-likeness (QED) is 0.285. The number of fused-ring (bicyclic) bond motifs is 2. The number of aromatic nitrogens is 5. The maximum atomic E-state index is 15.4. The molecule has 1 amide bonds. The molecule has 13 heteroatoms. The first-order valence-electron chi connectivity index (χ1n) is 15.3. The smallest absolute Gasteiger partial charge is 0.355 e. The number of phenols is 1. The summed E-state index contributed by atoms with van der Waals surface area (Å²) in [6.07, 6.45) is 3.23. The number of pyridine rings is 1. The van der Waals surface area contributed by atoms with Crippen LogP contribution in [0.3, 0.4) is 0 Å². The molecule has 1 N–H and O–H groups in total. The van der Waals surface area contributed by atoms with Crippen LogP contribution in [0.2, 0.25) is 5.02 Å². The average molecular weight is 648 g/mol. The van der Waals surface area contributed by atoms with E-state index >= 15 is 4.39 Å². The third kappa shape index (κ3) is 5.04. The average Bonchev–Trinajstić information content (AvgIpc) is 3.00. The minimum Gasteiger partial charge on any atom is -0.507 e. The highest BCUT2D eigenvalue weighted by atomic mass is 35.5. The van der Waals surface area contributed by atoms with Gasteiger partial charge in [-0.1, -0.05) is 51.9 Å². The van der Waals surface area contributed by atoms with Crippen molar-refractivity contribution in [2.45, 2.75) is 65.0 Å². The number of rotatable bonds is 5. The maximum absolute atomic E-state index is 15.4. The molecule has 1 fully saturated rings. The lowest BCUT2D eigenvalue weighted by atomic mass is 10.00. The summed E-state index contributed by atoms with van der Waals surface area (Å²) >= 11 is 7.01. The Labute approximate surface area is 270 Å². The molecule has 240 valence electrons. The first-order valence-corrected chi connectivity index (χ1v) is 15.6. The summed E-state index contributed by atoms with van der Waals surface area (Å²) in [6, 6.07) is 3.40. The van der Waals surface area contributed by atoms with Crippen LogP contribution in [0.15, 0.2) is 42.0 Å². The number of benzene rings is 1. The van der Waals surface area contributed by atoms with Crippen molar-refractivity contribution in [1.29, 1.82) is 0 Å². The van der Waals surface area contributed by atoms with Crippen LogP contribution in [-0.4, -0.2) is 72.2 Å². The zero-order valence-corrected chi connectivity index (χ0v) is 27.0. The summed E-state index contributed by atoms with van der Waals surface area (Å²) in [6.45, 7) is 14.4.